The molecule has 1 amide bonds. The van der Waals surface area contributed by atoms with E-state index in [0.29, 0.717) is 10.0 Å². The number of benzene rings is 1. The highest BCUT2D eigenvalue weighted by Crippen LogP contribution is 2.24. The molecule has 0 N–H and O–H groups in total. The van der Waals surface area contributed by atoms with Gasteiger partial charge in [-0.05, 0) is 72.9 Å². The summed E-state index contributed by atoms with van der Waals surface area (Å²) >= 11 is 3.13. The first kappa shape index (κ1) is 15.0. The minimum absolute atomic E-state index is 0.0388. The minimum atomic E-state index is -0.379. The van der Waals surface area contributed by atoms with Gasteiger partial charge < -0.3 is 9.80 Å². The first-order valence-electron chi connectivity index (χ1n) is 7.63. The third kappa shape index (κ3) is 3.29. The van der Waals surface area contributed by atoms with E-state index in [2.05, 4.69) is 20.8 Å². The number of hydrogen-bond donors (Lipinski definition) is 0. The monoisotopic (exact) mass is 354 g/mol. The first-order chi connectivity index (χ1) is 10.1. The number of carbonyl (C=O) groups excluding carboxylic acids is 1. The molecule has 114 valence electrons. The van der Waals surface area contributed by atoms with Crippen LogP contribution in [0.25, 0.3) is 0 Å². The van der Waals surface area contributed by atoms with Crippen LogP contribution in [0.5, 0.6) is 0 Å². The van der Waals surface area contributed by atoms with E-state index in [0.717, 1.165) is 39.0 Å². The normalized spacial score (nSPS) is 23.0. The second-order valence-electron chi connectivity index (χ2n) is 5.93. The van der Waals surface area contributed by atoms with E-state index in [4.69, 9.17) is 0 Å². The van der Waals surface area contributed by atoms with Gasteiger partial charge in [0.2, 0.25) is 0 Å². The zero-order valence-corrected chi connectivity index (χ0v) is 13.6. The molecule has 0 bridgehead atoms. The Morgan fingerprint density at radius 3 is 2.71 bits per heavy atom. The van der Waals surface area contributed by atoms with Crippen molar-refractivity contribution in [3.63, 3.8) is 0 Å². The Balaban J connectivity index is 1.71. The van der Waals surface area contributed by atoms with Crippen molar-refractivity contribution in [2.24, 2.45) is 0 Å². The molecule has 2 fully saturated rings. The molecule has 2 aliphatic rings. The summed E-state index contributed by atoms with van der Waals surface area (Å²) in [5.74, 6) is -0.417. The lowest BCUT2D eigenvalue weighted by molar-refractivity contribution is 0.0708. The van der Waals surface area contributed by atoms with E-state index < -0.39 is 0 Å². The molecule has 0 saturated carbocycles. The SMILES string of the molecule is O=C(c1ccc(Br)c(F)c1)N1CCCC1CN1CCCC1. The second kappa shape index (κ2) is 6.44. The minimum Gasteiger partial charge on any atom is -0.334 e. The zero-order valence-electron chi connectivity index (χ0n) is 12.0. The average Bonchev–Trinajstić information content (AvgIpc) is 3.13. The fourth-order valence-corrected chi connectivity index (χ4v) is 3.60. The van der Waals surface area contributed by atoms with Crippen LogP contribution in [0.1, 0.15) is 36.0 Å². The first-order valence-corrected chi connectivity index (χ1v) is 8.43. The highest BCUT2D eigenvalue weighted by Gasteiger charge is 2.31. The lowest BCUT2D eigenvalue weighted by atomic mass is 10.1. The van der Waals surface area contributed by atoms with Gasteiger partial charge in [-0.25, -0.2) is 4.39 Å². The Labute approximate surface area is 133 Å². The van der Waals surface area contributed by atoms with Crippen LogP contribution in [0.15, 0.2) is 22.7 Å². The molecule has 5 heteroatoms. The van der Waals surface area contributed by atoms with Gasteiger partial charge in [0.25, 0.3) is 5.91 Å². The molecule has 1 atom stereocenters. The maximum absolute atomic E-state index is 13.6. The summed E-state index contributed by atoms with van der Waals surface area (Å²) in [7, 11) is 0. The number of hydrogen-bond acceptors (Lipinski definition) is 2. The third-order valence-corrected chi connectivity index (χ3v) is 5.12. The van der Waals surface area contributed by atoms with Gasteiger partial charge in [-0.15, -0.1) is 0 Å². The van der Waals surface area contributed by atoms with E-state index in [1.54, 1.807) is 12.1 Å². The molecule has 1 aromatic rings. The van der Waals surface area contributed by atoms with E-state index in [1.165, 1.54) is 18.9 Å². The van der Waals surface area contributed by atoms with E-state index >= 15 is 0 Å². The van der Waals surface area contributed by atoms with Gasteiger partial charge in [-0.2, -0.15) is 0 Å². The topological polar surface area (TPSA) is 23.6 Å². The molecule has 2 saturated heterocycles. The standard InChI is InChI=1S/C16H20BrFN2O/c17-14-6-5-12(10-15(14)18)16(21)20-9-3-4-13(20)11-19-7-1-2-8-19/h5-6,10,13H,1-4,7-9,11H2. The van der Waals surface area contributed by atoms with Crippen LogP contribution in [0.2, 0.25) is 0 Å². The Morgan fingerprint density at radius 1 is 1.24 bits per heavy atom. The summed E-state index contributed by atoms with van der Waals surface area (Å²) in [6, 6.07) is 4.91. The molecule has 1 aromatic carbocycles. The largest absolute Gasteiger partial charge is 0.334 e. The van der Waals surface area contributed by atoms with Crippen molar-refractivity contribution in [3.8, 4) is 0 Å². The van der Waals surface area contributed by atoms with E-state index in [-0.39, 0.29) is 17.8 Å². The van der Waals surface area contributed by atoms with E-state index in [9.17, 15) is 9.18 Å². The van der Waals surface area contributed by atoms with Crippen LogP contribution in [0, 0.1) is 5.82 Å². The van der Waals surface area contributed by atoms with Crippen molar-refractivity contribution in [2.75, 3.05) is 26.2 Å². The van der Waals surface area contributed by atoms with Crippen molar-refractivity contribution in [1.82, 2.24) is 9.80 Å². The molecule has 3 nitrogen and oxygen atoms in total. The quantitative estimate of drug-likeness (QED) is 0.831. The predicted octanol–water partition coefficient (Wildman–Crippen LogP) is 3.29. The smallest absolute Gasteiger partial charge is 0.254 e. The predicted molar refractivity (Wildman–Crippen MR) is 83.8 cm³/mol. The van der Waals surface area contributed by atoms with Crippen molar-refractivity contribution in [2.45, 2.75) is 31.7 Å². The zero-order chi connectivity index (χ0) is 14.8. The molecule has 1 unspecified atom stereocenters. The molecule has 21 heavy (non-hydrogen) atoms. The van der Waals surface area contributed by atoms with Gasteiger partial charge in [0.1, 0.15) is 5.82 Å². The summed E-state index contributed by atoms with van der Waals surface area (Å²) < 4.78 is 14.0. The molecule has 3 rings (SSSR count). The fourth-order valence-electron chi connectivity index (χ4n) is 3.35. The molecule has 0 aromatic heterocycles. The highest BCUT2D eigenvalue weighted by molar-refractivity contribution is 9.10. The van der Waals surface area contributed by atoms with Crippen molar-refractivity contribution < 1.29 is 9.18 Å². The lowest BCUT2D eigenvalue weighted by Gasteiger charge is -2.28. The van der Waals surface area contributed by atoms with Crippen LogP contribution in [0.4, 0.5) is 4.39 Å². The summed E-state index contributed by atoms with van der Waals surface area (Å²) in [4.78, 5) is 17.0. The van der Waals surface area contributed by atoms with Crippen LogP contribution in [-0.2, 0) is 0 Å². The van der Waals surface area contributed by atoms with Crippen molar-refractivity contribution >= 4 is 21.8 Å². The van der Waals surface area contributed by atoms with Gasteiger partial charge in [-0.3, -0.25) is 4.79 Å². The maximum Gasteiger partial charge on any atom is 0.254 e. The van der Waals surface area contributed by atoms with Gasteiger partial charge in [0, 0.05) is 24.7 Å². The number of carbonyl (C=O) groups is 1. The van der Waals surface area contributed by atoms with Crippen molar-refractivity contribution in [1.29, 1.82) is 0 Å². The maximum atomic E-state index is 13.6. The van der Waals surface area contributed by atoms with Crippen LogP contribution in [-0.4, -0.2) is 47.9 Å². The Bertz CT molecular complexity index is 531. The number of nitrogens with zero attached hydrogens (tertiary/aromatic N) is 2. The van der Waals surface area contributed by atoms with Crippen LogP contribution in [0.3, 0.4) is 0 Å². The number of rotatable bonds is 3. The molecular weight excluding hydrogens is 335 g/mol. The van der Waals surface area contributed by atoms with Gasteiger partial charge >= 0.3 is 0 Å². The number of likely N-dealkylation sites (tertiary alicyclic amines) is 2. The van der Waals surface area contributed by atoms with Crippen LogP contribution < -0.4 is 0 Å². The van der Waals surface area contributed by atoms with E-state index in [1.807, 2.05) is 4.90 Å². The molecule has 2 heterocycles. The average molecular weight is 355 g/mol. The summed E-state index contributed by atoms with van der Waals surface area (Å²) in [6.07, 6.45) is 4.63. The Hall–Kier alpha value is -0.940. The molecule has 0 spiro atoms. The van der Waals surface area contributed by atoms with Gasteiger partial charge in [-0.1, -0.05) is 0 Å². The highest BCUT2D eigenvalue weighted by atomic mass is 79.9. The Morgan fingerprint density at radius 2 is 2.00 bits per heavy atom. The van der Waals surface area contributed by atoms with Gasteiger partial charge in [0.05, 0.1) is 4.47 Å². The molecule has 0 radical (unpaired) electrons. The molecular formula is C16H20BrFN2O. The van der Waals surface area contributed by atoms with Crippen LogP contribution >= 0.6 is 15.9 Å². The Kier molecular flexibility index (Phi) is 4.60. The third-order valence-electron chi connectivity index (χ3n) is 4.47. The summed E-state index contributed by atoms with van der Waals surface area (Å²) in [5.41, 5.74) is 0.448. The van der Waals surface area contributed by atoms with Crippen molar-refractivity contribution in [3.05, 3.63) is 34.1 Å². The fraction of sp³-hybridized carbons (Fsp3) is 0.562. The molecule has 2 aliphatic heterocycles. The second-order valence-corrected chi connectivity index (χ2v) is 6.79. The number of halogens is 2. The summed E-state index contributed by atoms with van der Waals surface area (Å²) in [5, 5.41) is 0. The van der Waals surface area contributed by atoms with Gasteiger partial charge in [0.15, 0.2) is 0 Å². The lowest BCUT2D eigenvalue weighted by Crippen LogP contribution is -2.42. The summed E-state index contributed by atoms with van der Waals surface area (Å²) in [6.45, 7) is 4.04. The number of amides is 1. The molecule has 0 aliphatic carbocycles.